The van der Waals surface area contributed by atoms with Gasteiger partial charge in [0.25, 0.3) is 11.4 Å². The summed E-state index contributed by atoms with van der Waals surface area (Å²) < 4.78 is 24.4. The third-order valence-corrected chi connectivity index (χ3v) is 3.47. The summed E-state index contributed by atoms with van der Waals surface area (Å²) in [5.74, 6) is -2.45. The van der Waals surface area contributed by atoms with Gasteiger partial charge in [-0.25, -0.2) is 0 Å². The van der Waals surface area contributed by atoms with E-state index in [1.807, 2.05) is 0 Å². The lowest BCUT2D eigenvalue weighted by Crippen LogP contribution is -2.02. The fourth-order valence-electron chi connectivity index (χ4n) is 1.79. The summed E-state index contributed by atoms with van der Waals surface area (Å²) in [6.07, 6.45) is 0. The summed E-state index contributed by atoms with van der Waals surface area (Å²) in [5, 5.41) is 13.9. The van der Waals surface area contributed by atoms with Crippen molar-refractivity contribution < 1.29 is 13.7 Å². The molecule has 4 nitrogen and oxygen atoms in total. The van der Waals surface area contributed by atoms with Crippen LogP contribution in [0.1, 0.15) is 5.56 Å². The molecule has 2 rings (SSSR count). The van der Waals surface area contributed by atoms with Crippen LogP contribution in [-0.4, -0.2) is 10.7 Å². The van der Waals surface area contributed by atoms with Crippen molar-refractivity contribution in [3.63, 3.8) is 0 Å². The maximum Gasteiger partial charge on any atom is 0.288 e. The van der Waals surface area contributed by atoms with E-state index in [1.165, 1.54) is 6.07 Å². The van der Waals surface area contributed by atoms with E-state index >= 15 is 0 Å². The molecule has 0 heterocycles. The molecule has 0 bridgehead atoms. The van der Waals surface area contributed by atoms with Crippen molar-refractivity contribution in [1.29, 1.82) is 0 Å². The molecule has 0 atom stereocenters. The van der Waals surface area contributed by atoms with Gasteiger partial charge in [-0.2, -0.15) is 8.78 Å². The highest BCUT2D eigenvalue weighted by molar-refractivity contribution is 7.99. The maximum atomic E-state index is 12.2. The van der Waals surface area contributed by atoms with Crippen molar-refractivity contribution in [1.82, 2.24) is 0 Å². The highest BCUT2D eigenvalue weighted by Gasteiger charge is 2.11. The Hall–Kier alpha value is -2.15. The largest absolute Gasteiger partial charge is 0.381 e. The normalized spacial score (nSPS) is 10.6. The van der Waals surface area contributed by atoms with Crippen molar-refractivity contribution in [2.45, 2.75) is 17.2 Å². The van der Waals surface area contributed by atoms with Gasteiger partial charge in [-0.05, 0) is 24.3 Å². The highest BCUT2D eigenvalue weighted by atomic mass is 32.2. The van der Waals surface area contributed by atoms with Gasteiger partial charge >= 0.3 is 0 Å². The number of anilines is 1. The molecular weight excluding hydrogens is 298 g/mol. The maximum absolute atomic E-state index is 12.2. The fourth-order valence-corrected chi connectivity index (χ4v) is 2.29. The number of thioether (sulfide) groups is 1. The smallest absolute Gasteiger partial charge is 0.288 e. The number of nitrogens with zero attached hydrogens (tertiary/aromatic N) is 1. The lowest BCUT2D eigenvalue weighted by Gasteiger charge is -2.08. The van der Waals surface area contributed by atoms with Crippen molar-refractivity contribution in [3.05, 3.63) is 64.2 Å². The number of hydrogen-bond donors (Lipinski definition) is 1. The number of benzene rings is 2. The molecule has 0 saturated heterocycles. The number of alkyl halides is 2. The Kier molecular flexibility index (Phi) is 5.10. The van der Waals surface area contributed by atoms with Crippen LogP contribution in [0.4, 0.5) is 20.2 Å². The molecule has 0 aliphatic rings. The number of nitrogens with one attached hydrogen (secondary N) is 1. The number of rotatable bonds is 6. The van der Waals surface area contributed by atoms with E-state index in [0.29, 0.717) is 34.5 Å². The van der Waals surface area contributed by atoms with E-state index in [4.69, 9.17) is 0 Å². The van der Waals surface area contributed by atoms with E-state index in [1.54, 1.807) is 42.5 Å². The zero-order chi connectivity index (χ0) is 15.2. The predicted octanol–water partition coefficient (Wildman–Crippen LogP) is 4.52. The third kappa shape index (κ3) is 4.42. The average molecular weight is 310 g/mol. The minimum Gasteiger partial charge on any atom is -0.381 e. The van der Waals surface area contributed by atoms with Crippen LogP contribution < -0.4 is 5.32 Å². The Labute approximate surface area is 124 Å². The fraction of sp³-hybridized carbons (Fsp3) is 0.143. The quantitative estimate of drug-likeness (QED) is 0.484. The molecule has 0 saturated carbocycles. The highest BCUT2D eigenvalue weighted by Crippen LogP contribution is 2.26. The Balaban J connectivity index is 2.02. The second-order valence-electron chi connectivity index (χ2n) is 4.14. The molecule has 21 heavy (non-hydrogen) atoms. The molecule has 2 aromatic carbocycles. The summed E-state index contributed by atoms with van der Waals surface area (Å²) in [5.41, 5.74) is 1.33. The molecule has 0 aliphatic heterocycles. The average Bonchev–Trinajstić information content (AvgIpc) is 2.46. The van der Waals surface area contributed by atoms with E-state index in [2.05, 4.69) is 5.32 Å². The molecule has 7 heteroatoms. The second-order valence-corrected chi connectivity index (χ2v) is 5.21. The summed E-state index contributed by atoms with van der Waals surface area (Å²) in [6, 6.07) is 13.0. The molecule has 0 amide bonds. The van der Waals surface area contributed by atoms with Crippen molar-refractivity contribution in [2.24, 2.45) is 0 Å². The molecule has 0 fully saturated rings. The predicted molar refractivity (Wildman–Crippen MR) is 78.7 cm³/mol. The SMILES string of the molecule is O=[N+]([O-])c1ccccc1CNc1ccc(SC(F)F)cc1. The van der Waals surface area contributed by atoms with Crippen LogP contribution >= 0.6 is 11.8 Å². The van der Waals surface area contributed by atoms with Gasteiger partial charge in [0.2, 0.25) is 0 Å². The molecule has 0 aliphatic carbocycles. The number of nitro benzene ring substituents is 1. The van der Waals surface area contributed by atoms with Crippen LogP contribution in [0.3, 0.4) is 0 Å². The monoisotopic (exact) mass is 310 g/mol. The number of para-hydroxylation sites is 1. The first kappa shape index (κ1) is 15.2. The van der Waals surface area contributed by atoms with Gasteiger partial charge in [0, 0.05) is 28.8 Å². The Bertz CT molecular complexity index is 621. The van der Waals surface area contributed by atoms with Gasteiger partial charge < -0.3 is 5.32 Å². The molecule has 110 valence electrons. The Morgan fingerprint density at radius 1 is 1.14 bits per heavy atom. The first-order chi connectivity index (χ1) is 10.1. The van der Waals surface area contributed by atoms with Gasteiger partial charge in [0.1, 0.15) is 0 Å². The Morgan fingerprint density at radius 2 is 1.81 bits per heavy atom. The lowest BCUT2D eigenvalue weighted by atomic mass is 10.2. The molecule has 0 spiro atoms. The molecule has 2 aromatic rings. The summed E-state index contributed by atoms with van der Waals surface area (Å²) >= 11 is 0.478. The summed E-state index contributed by atoms with van der Waals surface area (Å²) in [6.45, 7) is 0.290. The van der Waals surface area contributed by atoms with E-state index in [-0.39, 0.29) is 5.69 Å². The standard InChI is InChI=1S/C14H12F2N2O2S/c15-14(16)21-12-7-5-11(6-8-12)17-9-10-3-1-2-4-13(10)18(19)20/h1-8,14,17H,9H2. The van der Waals surface area contributed by atoms with Crippen LogP contribution in [-0.2, 0) is 6.54 Å². The van der Waals surface area contributed by atoms with Crippen LogP contribution in [0.2, 0.25) is 0 Å². The Morgan fingerprint density at radius 3 is 2.43 bits per heavy atom. The topological polar surface area (TPSA) is 55.2 Å². The number of hydrogen-bond acceptors (Lipinski definition) is 4. The molecule has 0 radical (unpaired) electrons. The molecular formula is C14H12F2N2O2S. The number of halogens is 2. The van der Waals surface area contributed by atoms with Crippen LogP contribution in [0.5, 0.6) is 0 Å². The van der Waals surface area contributed by atoms with Crippen molar-refractivity contribution >= 4 is 23.1 Å². The first-order valence-corrected chi connectivity index (χ1v) is 6.95. The van der Waals surface area contributed by atoms with Crippen LogP contribution in [0.25, 0.3) is 0 Å². The van der Waals surface area contributed by atoms with Gasteiger partial charge in [-0.15, -0.1) is 0 Å². The summed E-state index contributed by atoms with van der Waals surface area (Å²) in [4.78, 5) is 10.9. The van der Waals surface area contributed by atoms with E-state index in [9.17, 15) is 18.9 Å². The van der Waals surface area contributed by atoms with E-state index < -0.39 is 10.7 Å². The van der Waals surface area contributed by atoms with Gasteiger partial charge in [0.15, 0.2) is 0 Å². The molecule has 0 unspecified atom stereocenters. The zero-order valence-corrected chi connectivity index (χ0v) is 11.6. The lowest BCUT2D eigenvalue weighted by molar-refractivity contribution is -0.385. The van der Waals surface area contributed by atoms with Crippen molar-refractivity contribution in [2.75, 3.05) is 5.32 Å². The first-order valence-electron chi connectivity index (χ1n) is 6.07. The van der Waals surface area contributed by atoms with Crippen molar-refractivity contribution in [3.8, 4) is 0 Å². The number of nitro groups is 1. The van der Waals surface area contributed by atoms with E-state index in [0.717, 1.165) is 0 Å². The van der Waals surface area contributed by atoms with Crippen LogP contribution in [0, 0.1) is 10.1 Å². The van der Waals surface area contributed by atoms with Gasteiger partial charge in [-0.3, -0.25) is 10.1 Å². The molecule has 1 N–H and O–H groups in total. The van der Waals surface area contributed by atoms with Gasteiger partial charge in [-0.1, -0.05) is 30.0 Å². The third-order valence-electron chi connectivity index (χ3n) is 2.75. The molecule has 0 aromatic heterocycles. The minimum absolute atomic E-state index is 0.0508. The van der Waals surface area contributed by atoms with Gasteiger partial charge in [0.05, 0.1) is 4.92 Å². The summed E-state index contributed by atoms with van der Waals surface area (Å²) in [7, 11) is 0. The zero-order valence-electron chi connectivity index (χ0n) is 10.8. The second kappa shape index (κ2) is 7.03. The minimum atomic E-state index is -2.45. The van der Waals surface area contributed by atoms with Crippen LogP contribution in [0.15, 0.2) is 53.4 Å².